The van der Waals surface area contributed by atoms with Crippen molar-refractivity contribution in [1.29, 1.82) is 0 Å². The Morgan fingerprint density at radius 1 is 1.36 bits per heavy atom. The van der Waals surface area contributed by atoms with Gasteiger partial charge in [0.25, 0.3) is 0 Å². The summed E-state index contributed by atoms with van der Waals surface area (Å²) in [7, 11) is 0. The Morgan fingerprint density at radius 3 is 2.50 bits per heavy atom. The first-order valence-corrected chi connectivity index (χ1v) is 5.09. The number of anilines is 1. The summed E-state index contributed by atoms with van der Waals surface area (Å²) in [6.45, 7) is 11.6. The van der Waals surface area contributed by atoms with Crippen LogP contribution in [0.3, 0.4) is 0 Å². The van der Waals surface area contributed by atoms with Gasteiger partial charge in [-0.1, -0.05) is 32.9 Å². The van der Waals surface area contributed by atoms with Crippen molar-refractivity contribution < 1.29 is 0 Å². The van der Waals surface area contributed by atoms with Crippen LogP contribution in [0.5, 0.6) is 0 Å². The highest BCUT2D eigenvalue weighted by Gasteiger charge is 1.98. The molecule has 0 bridgehead atoms. The predicted molar refractivity (Wildman–Crippen MR) is 65.1 cm³/mol. The van der Waals surface area contributed by atoms with E-state index in [1.54, 1.807) is 0 Å². The molecular weight excluding hydrogens is 172 g/mol. The van der Waals surface area contributed by atoms with Gasteiger partial charge in [0.05, 0.1) is 5.69 Å². The summed E-state index contributed by atoms with van der Waals surface area (Å²) < 4.78 is 0. The molecule has 0 aliphatic carbocycles. The first-order chi connectivity index (χ1) is 6.77. The minimum Gasteiger partial charge on any atom is -0.279 e. The molecule has 0 aromatic heterocycles. The SMILES string of the molecule is C=NNc1cc(C)ccc1CC.CC. The molecule has 1 aromatic rings. The zero-order valence-corrected chi connectivity index (χ0v) is 9.59. The molecule has 0 aliphatic rings. The maximum atomic E-state index is 3.66. The Kier molecular flexibility index (Phi) is 6.46. The van der Waals surface area contributed by atoms with Gasteiger partial charge in [0, 0.05) is 6.72 Å². The Morgan fingerprint density at radius 2 is 2.00 bits per heavy atom. The number of benzene rings is 1. The molecule has 1 rings (SSSR count). The van der Waals surface area contributed by atoms with E-state index in [-0.39, 0.29) is 0 Å². The van der Waals surface area contributed by atoms with E-state index in [9.17, 15) is 0 Å². The van der Waals surface area contributed by atoms with Crippen molar-refractivity contribution in [2.75, 3.05) is 5.43 Å². The van der Waals surface area contributed by atoms with E-state index >= 15 is 0 Å². The van der Waals surface area contributed by atoms with E-state index in [1.165, 1.54) is 11.1 Å². The van der Waals surface area contributed by atoms with E-state index in [4.69, 9.17) is 0 Å². The second kappa shape index (κ2) is 7.13. The van der Waals surface area contributed by atoms with E-state index in [1.807, 2.05) is 13.8 Å². The fraction of sp³-hybridized carbons (Fsp3) is 0.417. The summed E-state index contributed by atoms with van der Waals surface area (Å²) >= 11 is 0. The van der Waals surface area contributed by atoms with Crippen LogP contribution in [-0.4, -0.2) is 6.72 Å². The van der Waals surface area contributed by atoms with Crippen molar-refractivity contribution >= 4 is 12.4 Å². The molecule has 0 saturated heterocycles. The van der Waals surface area contributed by atoms with Crippen LogP contribution in [0.15, 0.2) is 23.3 Å². The molecule has 2 nitrogen and oxygen atoms in total. The largest absolute Gasteiger partial charge is 0.279 e. The highest BCUT2D eigenvalue weighted by molar-refractivity contribution is 5.53. The van der Waals surface area contributed by atoms with Gasteiger partial charge in [-0.25, -0.2) is 0 Å². The third kappa shape index (κ3) is 3.60. The minimum atomic E-state index is 1.01. The van der Waals surface area contributed by atoms with Crippen LogP contribution in [0.25, 0.3) is 0 Å². The maximum Gasteiger partial charge on any atom is 0.0596 e. The van der Waals surface area contributed by atoms with Crippen LogP contribution in [-0.2, 0) is 6.42 Å². The Balaban J connectivity index is 0.000000791. The van der Waals surface area contributed by atoms with E-state index in [0.717, 1.165) is 12.1 Å². The Bertz CT molecular complexity index is 280. The molecule has 14 heavy (non-hydrogen) atoms. The van der Waals surface area contributed by atoms with Gasteiger partial charge in [0.2, 0.25) is 0 Å². The third-order valence-electron chi connectivity index (χ3n) is 1.85. The lowest BCUT2D eigenvalue weighted by molar-refractivity contribution is 1.12. The van der Waals surface area contributed by atoms with Crippen molar-refractivity contribution in [3.63, 3.8) is 0 Å². The molecule has 78 valence electrons. The molecule has 0 unspecified atom stereocenters. The first kappa shape index (κ1) is 12.7. The van der Waals surface area contributed by atoms with Gasteiger partial charge >= 0.3 is 0 Å². The summed E-state index contributed by atoms with van der Waals surface area (Å²) in [6.07, 6.45) is 1.01. The van der Waals surface area contributed by atoms with Gasteiger partial charge in [-0.3, -0.25) is 5.43 Å². The highest BCUT2D eigenvalue weighted by atomic mass is 15.3. The van der Waals surface area contributed by atoms with Gasteiger partial charge in [0.15, 0.2) is 0 Å². The summed E-state index contributed by atoms with van der Waals surface area (Å²) in [5.74, 6) is 0. The number of nitrogens with zero attached hydrogens (tertiary/aromatic N) is 1. The van der Waals surface area contributed by atoms with Gasteiger partial charge in [0.1, 0.15) is 0 Å². The van der Waals surface area contributed by atoms with Crippen LogP contribution >= 0.6 is 0 Å². The molecule has 1 N–H and O–H groups in total. The summed E-state index contributed by atoms with van der Waals surface area (Å²) in [4.78, 5) is 0. The zero-order chi connectivity index (χ0) is 11.0. The molecule has 2 heteroatoms. The van der Waals surface area contributed by atoms with Crippen molar-refractivity contribution in [2.45, 2.75) is 34.1 Å². The summed E-state index contributed by atoms with van der Waals surface area (Å²) in [5, 5.41) is 3.66. The van der Waals surface area contributed by atoms with Crippen molar-refractivity contribution in [3.8, 4) is 0 Å². The minimum absolute atomic E-state index is 1.01. The Hall–Kier alpha value is -1.31. The predicted octanol–water partition coefficient (Wildman–Crippen LogP) is 3.61. The van der Waals surface area contributed by atoms with E-state index in [0.29, 0.717) is 0 Å². The van der Waals surface area contributed by atoms with Gasteiger partial charge in [-0.05, 0) is 30.5 Å². The second-order valence-corrected chi connectivity index (χ2v) is 2.78. The third-order valence-corrected chi connectivity index (χ3v) is 1.85. The molecular formula is C12H20N2. The van der Waals surface area contributed by atoms with E-state index in [2.05, 4.69) is 49.3 Å². The molecule has 1 aromatic carbocycles. The normalized spacial score (nSPS) is 8.57. The van der Waals surface area contributed by atoms with Crippen molar-refractivity contribution in [1.82, 2.24) is 0 Å². The van der Waals surface area contributed by atoms with Crippen LogP contribution in [0.4, 0.5) is 5.69 Å². The topological polar surface area (TPSA) is 24.4 Å². The van der Waals surface area contributed by atoms with Gasteiger partial charge in [-0.15, -0.1) is 0 Å². The van der Waals surface area contributed by atoms with Crippen LogP contribution in [0.2, 0.25) is 0 Å². The zero-order valence-electron chi connectivity index (χ0n) is 9.59. The standard InChI is InChI=1S/C10H14N2.C2H6/c1-4-9-6-5-8(2)7-10(9)12-11-3;1-2/h5-7,12H,3-4H2,1-2H3;1-2H3. The lowest BCUT2D eigenvalue weighted by atomic mass is 10.1. The number of rotatable bonds is 3. The molecule has 0 atom stereocenters. The molecule has 0 heterocycles. The number of hydrogen-bond donors (Lipinski definition) is 1. The monoisotopic (exact) mass is 192 g/mol. The van der Waals surface area contributed by atoms with Crippen molar-refractivity contribution in [2.24, 2.45) is 5.10 Å². The lowest BCUT2D eigenvalue weighted by Gasteiger charge is -2.06. The maximum absolute atomic E-state index is 3.66. The molecule has 0 fully saturated rings. The van der Waals surface area contributed by atoms with Gasteiger partial charge in [-0.2, -0.15) is 5.10 Å². The number of nitrogens with one attached hydrogen (secondary N) is 1. The number of aryl methyl sites for hydroxylation is 2. The molecule has 0 spiro atoms. The highest BCUT2D eigenvalue weighted by Crippen LogP contribution is 2.17. The average Bonchev–Trinajstić information content (AvgIpc) is 2.22. The fourth-order valence-corrected chi connectivity index (χ4v) is 1.19. The summed E-state index contributed by atoms with van der Waals surface area (Å²) in [6, 6.07) is 6.30. The molecule has 0 saturated carbocycles. The number of hydrazone groups is 1. The van der Waals surface area contributed by atoms with Crippen molar-refractivity contribution in [3.05, 3.63) is 29.3 Å². The van der Waals surface area contributed by atoms with Gasteiger partial charge < -0.3 is 0 Å². The van der Waals surface area contributed by atoms with Crippen LogP contribution in [0, 0.1) is 6.92 Å². The van der Waals surface area contributed by atoms with E-state index < -0.39 is 0 Å². The second-order valence-electron chi connectivity index (χ2n) is 2.78. The molecule has 0 aliphatic heterocycles. The fourth-order valence-electron chi connectivity index (χ4n) is 1.19. The van der Waals surface area contributed by atoms with Crippen LogP contribution in [0.1, 0.15) is 31.9 Å². The quantitative estimate of drug-likeness (QED) is 0.574. The molecule has 0 radical (unpaired) electrons. The smallest absolute Gasteiger partial charge is 0.0596 e. The van der Waals surface area contributed by atoms with Crippen LogP contribution < -0.4 is 5.43 Å². The summed E-state index contributed by atoms with van der Waals surface area (Å²) in [5.41, 5.74) is 6.45. The Labute approximate surface area is 87.0 Å². The molecule has 0 amide bonds. The lowest BCUT2D eigenvalue weighted by Crippen LogP contribution is -1.93. The average molecular weight is 192 g/mol. The number of hydrogen-bond acceptors (Lipinski definition) is 2. The first-order valence-electron chi connectivity index (χ1n) is 5.09.